The third-order valence-electron chi connectivity index (χ3n) is 2.45. The summed E-state index contributed by atoms with van der Waals surface area (Å²) in [5, 5.41) is 5.75. The van der Waals surface area contributed by atoms with Crippen molar-refractivity contribution in [1.82, 2.24) is 5.32 Å². The van der Waals surface area contributed by atoms with E-state index < -0.39 is 0 Å². The molecular formula is C10H12NOS. The van der Waals surface area contributed by atoms with Gasteiger partial charge < -0.3 is 5.32 Å². The summed E-state index contributed by atoms with van der Waals surface area (Å²) in [6.45, 7) is 0. The molecule has 1 heterocycles. The molecule has 0 saturated carbocycles. The molecule has 3 heteroatoms. The fourth-order valence-corrected chi connectivity index (χ4v) is 2.75. The van der Waals surface area contributed by atoms with Crippen LogP contribution in [-0.4, -0.2) is 13.0 Å². The van der Waals surface area contributed by atoms with Gasteiger partial charge >= 0.3 is 0 Å². The van der Waals surface area contributed by atoms with Crippen LogP contribution in [0.5, 0.6) is 0 Å². The molecule has 2 rings (SSSR count). The third-order valence-corrected chi connectivity index (χ3v) is 3.45. The highest BCUT2D eigenvalue weighted by Crippen LogP contribution is 2.29. The predicted molar refractivity (Wildman–Crippen MR) is 53.2 cm³/mol. The average molecular weight is 194 g/mol. The normalized spacial score (nSPS) is 15.2. The minimum atomic E-state index is 0.0133. The molecule has 1 radical (unpaired) electrons. The standard InChI is InChI=1S/C10H12NOS/c1-11-10(12)8-6-13-9-5-3-2-4-7(8)9/h2-5H2,1H3,(H,11,12). The fourth-order valence-electron chi connectivity index (χ4n) is 1.74. The van der Waals surface area contributed by atoms with Crippen molar-refractivity contribution in [2.75, 3.05) is 7.05 Å². The molecule has 1 N–H and O–H groups in total. The zero-order chi connectivity index (χ0) is 9.26. The lowest BCUT2D eigenvalue weighted by Gasteiger charge is -2.11. The van der Waals surface area contributed by atoms with Crippen LogP contribution >= 0.6 is 11.3 Å². The molecule has 1 aromatic heterocycles. The van der Waals surface area contributed by atoms with Gasteiger partial charge in [0.1, 0.15) is 0 Å². The highest BCUT2D eigenvalue weighted by atomic mass is 32.1. The van der Waals surface area contributed by atoms with Crippen molar-refractivity contribution < 1.29 is 4.79 Å². The van der Waals surface area contributed by atoms with Crippen molar-refractivity contribution >= 4 is 17.2 Å². The van der Waals surface area contributed by atoms with Gasteiger partial charge in [-0.3, -0.25) is 4.79 Å². The quantitative estimate of drug-likeness (QED) is 0.725. The maximum absolute atomic E-state index is 11.4. The molecule has 0 aliphatic heterocycles. The summed E-state index contributed by atoms with van der Waals surface area (Å²) in [4.78, 5) is 12.8. The number of fused-ring (bicyclic) bond motifs is 1. The molecule has 1 aliphatic carbocycles. The van der Waals surface area contributed by atoms with Gasteiger partial charge in [0.15, 0.2) is 0 Å². The Hall–Kier alpha value is -0.830. The summed E-state index contributed by atoms with van der Waals surface area (Å²) in [5.41, 5.74) is 2.03. The first-order chi connectivity index (χ1) is 6.33. The van der Waals surface area contributed by atoms with E-state index in [4.69, 9.17) is 0 Å². The summed E-state index contributed by atoms with van der Waals surface area (Å²) in [6.07, 6.45) is 4.65. The maximum atomic E-state index is 11.4. The van der Waals surface area contributed by atoms with E-state index in [0.29, 0.717) is 0 Å². The number of carbonyl (C=O) groups excluding carboxylic acids is 1. The molecule has 0 saturated heterocycles. The maximum Gasteiger partial charge on any atom is 0.252 e. The molecule has 0 atom stereocenters. The second kappa shape index (κ2) is 3.50. The first-order valence-electron chi connectivity index (χ1n) is 4.57. The summed E-state index contributed by atoms with van der Waals surface area (Å²) < 4.78 is 0. The van der Waals surface area contributed by atoms with E-state index in [1.54, 1.807) is 18.4 Å². The van der Waals surface area contributed by atoms with E-state index in [1.807, 2.05) is 0 Å². The van der Waals surface area contributed by atoms with E-state index in [0.717, 1.165) is 18.4 Å². The van der Waals surface area contributed by atoms with Crippen molar-refractivity contribution in [1.29, 1.82) is 0 Å². The van der Waals surface area contributed by atoms with Gasteiger partial charge in [0, 0.05) is 11.9 Å². The summed E-state index contributed by atoms with van der Waals surface area (Å²) >= 11 is 1.61. The van der Waals surface area contributed by atoms with E-state index in [1.165, 1.54) is 23.3 Å². The highest BCUT2D eigenvalue weighted by molar-refractivity contribution is 7.10. The Kier molecular flexibility index (Phi) is 2.36. The predicted octanol–water partition coefficient (Wildman–Crippen LogP) is 1.79. The van der Waals surface area contributed by atoms with Gasteiger partial charge in [-0.25, -0.2) is 0 Å². The average Bonchev–Trinajstić information content (AvgIpc) is 2.60. The van der Waals surface area contributed by atoms with Crippen LogP contribution in [0.1, 0.15) is 33.6 Å². The topological polar surface area (TPSA) is 29.1 Å². The van der Waals surface area contributed by atoms with Crippen LogP contribution in [0.4, 0.5) is 0 Å². The lowest BCUT2D eigenvalue weighted by Crippen LogP contribution is -2.19. The lowest BCUT2D eigenvalue weighted by atomic mass is 9.96. The van der Waals surface area contributed by atoms with E-state index in [9.17, 15) is 4.79 Å². The Balaban J connectivity index is 2.36. The van der Waals surface area contributed by atoms with Gasteiger partial charge in [0.2, 0.25) is 0 Å². The summed E-state index contributed by atoms with van der Waals surface area (Å²) in [5.74, 6) is 0.0133. The van der Waals surface area contributed by atoms with Crippen LogP contribution in [0.2, 0.25) is 0 Å². The van der Waals surface area contributed by atoms with Crippen molar-refractivity contribution in [3.8, 4) is 0 Å². The number of hydrogen-bond acceptors (Lipinski definition) is 2. The van der Waals surface area contributed by atoms with Crippen molar-refractivity contribution in [3.63, 3.8) is 0 Å². The number of rotatable bonds is 1. The molecule has 1 amide bonds. The van der Waals surface area contributed by atoms with Gasteiger partial charge in [-0.1, -0.05) is 0 Å². The Morgan fingerprint density at radius 3 is 3.00 bits per heavy atom. The Labute approximate surface area is 82.0 Å². The molecule has 0 fully saturated rings. The Morgan fingerprint density at radius 1 is 1.46 bits per heavy atom. The molecule has 0 aromatic carbocycles. The third kappa shape index (κ3) is 1.48. The number of carbonyl (C=O) groups is 1. The minimum absolute atomic E-state index is 0.0133. The smallest absolute Gasteiger partial charge is 0.252 e. The second-order valence-corrected chi connectivity index (χ2v) is 4.17. The van der Waals surface area contributed by atoms with E-state index >= 15 is 0 Å². The number of nitrogens with one attached hydrogen (secondary N) is 1. The molecular weight excluding hydrogens is 182 g/mol. The Morgan fingerprint density at radius 2 is 2.23 bits per heavy atom. The number of aryl methyl sites for hydroxylation is 1. The number of thiophene rings is 1. The molecule has 0 spiro atoms. The fraction of sp³-hybridized carbons (Fsp3) is 0.500. The first kappa shape index (κ1) is 8.75. The largest absolute Gasteiger partial charge is 0.355 e. The van der Waals surface area contributed by atoms with Crippen LogP contribution in [0.15, 0.2) is 0 Å². The Bertz CT molecular complexity index is 330. The van der Waals surface area contributed by atoms with Gasteiger partial charge in [0.05, 0.1) is 10.9 Å². The van der Waals surface area contributed by atoms with Crippen LogP contribution in [0.25, 0.3) is 0 Å². The molecule has 1 aliphatic rings. The zero-order valence-corrected chi connectivity index (χ0v) is 8.46. The monoisotopic (exact) mass is 194 g/mol. The van der Waals surface area contributed by atoms with Gasteiger partial charge in [-0.2, -0.15) is 0 Å². The molecule has 13 heavy (non-hydrogen) atoms. The molecule has 0 bridgehead atoms. The first-order valence-corrected chi connectivity index (χ1v) is 5.39. The molecule has 0 unspecified atom stereocenters. The molecule has 1 aromatic rings. The van der Waals surface area contributed by atoms with Crippen LogP contribution in [-0.2, 0) is 12.8 Å². The summed E-state index contributed by atoms with van der Waals surface area (Å²) in [6, 6.07) is 0. The van der Waals surface area contributed by atoms with Gasteiger partial charge in [-0.15, -0.1) is 11.3 Å². The van der Waals surface area contributed by atoms with Crippen LogP contribution in [0.3, 0.4) is 0 Å². The van der Waals surface area contributed by atoms with Gasteiger partial charge in [-0.05, 0) is 31.2 Å². The van der Waals surface area contributed by atoms with Crippen LogP contribution < -0.4 is 5.32 Å². The SMILES string of the molecule is CNC(=O)c1[c]sc2c1CCCC2. The molecule has 69 valence electrons. The second-order valence-electron chi connectivity index (χ2n) is 3.27. The van der Waals surface area contributed by atoms with Crippen molar-refractivity contribution in [2.45, 2.75) is 25.7 Å². The number of hydrogen-bond donors (Lipinski definition) is 1. The summed E-state index contributed by atoms with van der Waals surface area (Å²) in [7, 11) is 1.67. The van der Waals surface area contributed by atoms with E-state index in [-0.39, 0.29) is 5.91 Å². The van der Waals surface area contributed by atoms with Crippen molar-refractivity contribution in [2.24, 2.45) is 0 Å². The minimum Gasteiger partial charge on any atom is -0.355 e. The highest BCUT2D eigenvalue weighted by Gasteiger charge is 2.19. The molecule has 2 nitrogen and oxygen atoms in total. The van der Waals surface area contributed by atoms with Crippen LogP contribution in [0, 0.1) is 5.38 Å². The van der Waals surface area contributed by atoms with Gasteiger partial charge in [0.25, 0.3) is 5.91 Å². The number of amides is 1. The van der Waals surface area contributed by atoms with Crippen molar-refractivity contribution in [3.05, 3.63) is 21.4 Å². The lowest BCUT2D eigenvalue weighted by molar-refractivity contribution is 0.0962. The zero-order valence-electron chi connectivity index (χ0n) is 7.64. The van der Waals surface area contributed by atoms with E-state index in [2.05, 4.69) is 10.7 Å².